The van der Waals surface area contributed by atoms with Crippen molar-refractivity contribution in [3.8, 4) is 0 Å². The van der Waals surface area contributed by atoms with Crippen LogP contribution in [-0.4, -0.2) is 25.5 Å². The number of hydrogen-bond donors (Lipinski definition) is 2. The summed E-state index contributed by atoms with van der Waals surface area (Å²) >= 11 is 0. The van der Waals surface area contributed by atoms with Gasteiger partial charge in [-0.1, -0.05) is 6.07 Å². The first-order valence-corrected chi connectivity index (χ1v) is 6.75. The number of hydrogen-bond acceptors (Lipinski definition) is 3. The second-order valence-corrected chi connectivity index (χ2v) is 4.52. The summed E-state index contributed by atoms with van der Waals surface area (Å²) < 4.78 is 39.5. The van der Waals surface area contributed by atoms with Crippen molar-refractivity contribution in [2.75, 3.05) is 24.5 Å². The topological polar surface area (TPSA) is 58.4 Å². The molecule has 0 atom stereocenters. The number of likely N-dealkylation sites (N-methyl/N-ethyl adjacent to an activating group) is 2. The summed E-state index contributed by atoms with van der Waals surface area (Å²) in [6, 6.07) is 3.95. The largest absolute Gasteiger partial charge is 0.418 e. The predicted molar refractivity (Wildman–Crippen MR) is 75.9 cm³/mol. The van der Waals surface area contributed by atoms with Crippen LogP contribution in [0.15, 0.2) is 18.2 Å². The first-order chi connectivity index (χ1) is 9.83. The fourth-order valence-corrected chi connectivity index (χ4v) is 2.01. The highest BCUT2D eigenvalue weighted by atomic mass is 19.4. The highest BCUT2D eigenvalue weighted by Gasteiger charge is 2.35. The number of nitrogens with one attached hydrogen (secondary N) is 1. The minimum atomic E-state index is -4.49. The van der Waals surface area contributed by atoms with Gasteiger partial charge in [-0.3, -0.25) is 4.79 Å². The van der Waals surface area contributed by atoms with E-state index in [2.05, 4.69) is 5.32 Å². The van der Waals surface area contributed by atoms with E-state index in [0.29, 0.717) is 18.7 Å². The summed E-state index contributed by atoms with van der Waals surface area (Å²) in [6.07, 6.45) is -4.49. The van der Waals surface area contributed by atoms with Crippen LogP contribution >= 0.6 is 0 Å². The number of nitrogens with two attached hydrogens (primary N) is 1. The second-order valence-electron chi connectivity index (χ2n) is 4.52. The SMILES string of the molecule is CCNC(=O)CN(CC)c1ccc(CN)cc1C(F)(F)F. The van der Waals surface area contributed by atoms with Gasteiger partial charge in [-0.25, -0.2) is 0 Å². The van der Waals surface area contributed by atoms with Crippen LogP contribution in [0.1, 0.15) is 25.0 Å². The van der Waals surface area contributed by atoms with Gasteiger partial charge in [0.1, 0.15) is 0 Å². The number of amides is 1. The Hall–Kier alpha value is -1.76. The molecule has 0 aliphatic heterocycles. The van der Waals surface area contributed by atoms with Crippen LogP contribution in [0.25, 0.3) is 0 Å². The Labute approximate surface area is 122 Å². The molecule has 0 spiro atoms. The molecule has 1 aromatic rings. The molecule has 0 radical (unpaired) electrons. The molecule has 0 saturated carbocycles. The zero-order chi connectivity index (χ0) is 16.0. The van der Waals surface area contributed by atoms with Gasteiger partial charge < -0.3 is 16.0 Å². The van der Waals surface area contributed by atoms with E-state index in [4.69, 9.17) is 5.73 Å². The first-order valence-electron chi connectivity index (χ1n) is 6.75. The molecule has 3 N–H and O–H groups in total. The maximum absolute atomic E-state index is 13.2. The molecule has 0 heterocycles. The highest BCUT2D eigenvalue weighted by molar-refractivity contribution is 5.81. The van der Waals surface area contributed by atoms with Crippen LogP contribution < -0.4 is 16.0 Å². The van der Waals surface area contributed by atoms with E-state index in [-0.39, 0.29) is 24.7 Å². The average molecular weight is 303 g/mol. The summed E-state index contributed by atoms with van der Waals surface area (Å²) in [5.74, 6) is -0.310. The highest BCUT2D eigenvalue weighted by Crippen LogP contribution is 2.37. The summed E-state index contributed by atoms with van der Waals surface area (Å²) in [4.78, 5) is 13.0. The molecule has 0 saturated heterocycles. The van der Waals surface area contributed by atoms with E-state index in [1.165, 1.54) is 11.0 Å². The van der Waals surface area contributed by atoms with Crippen LogP contribution in [0.3, 0.4) is 0 Å². The minimum Gasteiger partial charge on any atom is -0.362 e. The molecule has 1 aromatic carbocycles. The summed E-state index contributed by atoms with van der Waals surface area (Å²) in [5.41, 5.74) is 5.03. The van der Waals surface area contributed by atoms with Crippen LogP contribution in [0.4, 0.5) is 18.9 Å². The molecule has 0 bridgehead atoms. The molecule has 0 fully saturated rings. The smallest absolute Gasteiger partial charge is 0.362 e. The zero-order valence-corrected chi connectivity index (χ0v) is 12.1. The Bertz CT molecular complexity index is 489. The number of nitrogens with zero attached hydrogens (tertiary/aromatic N) is 1. The maximum Gasteiger partial charge on any atom is 0.418 e. The molecular weight excluding hydrogens is 283 g/mol. The number of carbonyl (C=O) groups excluding carboxylic acids is 1. The lowest BCUT2D eigenvalue weighted by Crippen LogP contribution is -2.38. The molecule has 21 heavy (non-hydrogen) atoms. The molecule has 1 rings (SSSR count). The Morgan fingerprint density at radius 1 is 1.33 bits per heavy atom. The van der Waals surface area contributed by atoms with Gasteiger partial charge in [-0.15, -0.1) is 0 Å². The molecule has 0 unspecified atom stereocenters. The predicted octanol–water partition coefficient (Wildman–Crippen LogP) is 2.13. The maximum atomic E-state index is 13.2. The van der Waals surface area contributed by atoms with Gasteiger partial charge in [0.15, 0.2) is 0 Å². The quantitative estimate of drug-likeness (QED) is 0.846. The lowest BCUT2D eigenvalue weighted by molar-refractivity contribution is -0.137. The fourth-order valence-electron chi connectivity index (χ4n) is 2.01. The van der Waals surface area contributed by atoms with Crippen molar-refractivity contribution < 1.29 is 18.0 Å². The van der Waals surface area contributed by atoms with E-state index in [9.17, 15) is 18.0 Å². The summed E-state index contributed by atoms with van der Waals surface area (Å²) in [6.45, 7) is 4.11. The molecule has 0 aliphatic carbocycles. The van der Waals surface area contributed by atoms with Crippen molar-refractivity contribution in [2.45, 2.75) is 26.6 Å². The van der Waals surface area contributed by atoms with Gasteiger partial charge in [0.25, 0.3) is 0 Å². The third-order valence-electron chi connectivity index (χ3n) is 3.03. The lowest BCUT2D eigenvalue weighted by Gasteiger charge is -2.26. The van der Waals surface area contributed by atoms with E-state index in [0.717, 1.165) is 6.07 Å². The van der Waals surface area contributed by atoms with E-state index in [1.54, 1.807) is 19.9 Å². The summed E-state index contributed by atoms with van der Waals surface area (Å²) in [5, 5.41) is 2.58. The van der Waals surface area contributed by atoms with Gasteiger partial charge in [-0.05, 0) is 31.5 Å². The molecule has 0 aromatic heterocycles. The van der Waals surface area contributed by atoms with Crippen molar-refractivity contribution >= 4 is 11.6 Å². The molecule has 1 amide bonds. The zero-order valence-electron chi connectivity index (χ0n) is 12.1. The number of rotatable bonds is 6. The number of alkyl halides is 3. The molecule has 4 nitrogen and oxygen atoms in total. The van der Waals surface area contributed by atoms with Crippen LogP contribution in [0.5, 0.6) is 0 Å². The normalized spacial score (nSPS) is 11.3. The second kappa shape index (κ2) is 7.31. The third kappa shape index (κ3) is 4.63. The monoisotopic (exact) mass is 303 g/mol. The number of benzene rings is 1. The number of halogens is 3. The van der Waals surface area contributed by atoms with Crippen molar-refractivity contribution in [1.82, 2.24) is 5.32 Å². The van der Waals surface area contributed by atoms with Crippen molar-refractivity contribution in [3.05, 3.63) is 29.3 Å². The number of anilines is 1. The van der Waals surface area contributed by atoms with Crippen LogP contribution in [-0.2, 0) is 17.5 Å². The molecule has 0 aliphatic rings. The van der Waals surface area contributed by atoms with E-state index >= 15 is 0 Å². The van der Waals surface area contributed by atoms with Crippen molar-refractivity contribution in [3.63, 3.8) is 0 Å². The van der Waals surface area contributed by atoms with Gasteiger partial charge in [0.05, 0.1) is 12.1 Å². The minimum absolute atomic E-state index is 0.00606. The Balaban J connectivity index is 3.16. The fraction of sp³-hybridized carbons (Fsp3) is 0.500. The standard InChI is InChI=1S/C14H20F3N3O/c1-3-19-13(21)9-20(4-2)12-6-5-10(8-18)7-11(12)14(15,16)17/h5-7H,3-4,8-9,18H2,1-2H3,(H,19,21). The van der Waals surface area contributed by atoms with Gasteiger partial charge in [-0.2, -0.15) is 13.2 Å². The lowest BCUT2D eigenvalue weighted by atomic mass is 10.1. The third-order valence-corrected chi connectivity index (χ3v) is 3.03. The van der Waals surface area contributed by atoms with Gasteiger partial charge in [0.2, 0.25) is 5.91 Å². The average Bonchev–Trinajstić information content (AvgIpc) is 2.43. The van der Waals surface area contributed by atoms with Crippen LogP contribution in [0, 0.1) is 0 Å². The Kier molecular flexibility index (Phi) is 6.02. The number of carbonyl (C=O) groups is 1. The first kappa shape index (κ1) is 17.3. The Morgan fingerprint density at radius 2 is 2.00 bits per heavy atom. The Morgan fingerprint density at radius 3 is 2.48 bits per heavy atom. The molecule has 7 heteroatoms. The molecular formula is C14H20F3N3O. The van der Waals surface area contributed by atoms with Crippen LogP contribution in [0.2, 0.25) is 0 Å². The van der Waals surface area contributed by atoms with Crippen molar-refractivity contribution in [1.29, 1.82) is 0 Å². The van der Waals surface area contributed by atoms with Crippen molar-refractivity contribution in [2.24, 2.45) is 5.73 Å². The molecule has 118 valence electrons. The van der Waals surface area contributed by atoms with Gasteiger partial charge >= 0.3 is 6.18 Å². The summed E-state index contributed by atoms with van der Waals surface area (Å²) in [7, 11) is 0. The van der Waals surface area contributed by atoms with E-state index in [1.807, 2.05) is 0 Å². The van der Waals surface area contributed by atoms with Gasteiger partial charge in [0, 0.05) is 25.3 Å². The van der Waals surface area contributed by atoms with E-state index < -0.39 is 11.7 Å².